The van der Waals surface area contributed by atoms with Gasteiger partial charge in [-0.3, -0.25) is 9.59 Å². The van der Waals surface area contributed by atoms with Gasteiger partial charge in [0.1, 0.15) is 5.25 Å². The van der Waals surface area contributed by atoms with Crippen molar-refractivity contribution in [3.8, 4) is 0 Å². The molecule has 0 aliphatic carbocycles. The quantitative estimate of drug-likeness (QED) is 0.656. The fraction of sp³-hybridized carbons (Fsp3) is 0.136. The molecule has 0 fully saturated rings. The third-order valence-corrected chi connectivity index (χ3v) is 6.85. The molecule has 30 heavy (non-hydrogen) atoms. The van der Waals surface area contributed by atoms with Crippen molar-refractivity contribution < 1.29 is 14.7 Å². The molecule has 0 radical (unpaired) electrons. The summed E-state index contributed by atoms with van der Waals surface area (Å²) in [5.41, 5.74) is 5.31. The van der Waals surface area contributed by atoms with E-state index in [1.165, 1.54) is 11.0 Å². The first-order valence-electron chi connectivity index (χ1n) is 9.25. The van der Waals surface area contributed by atoms with E-state index >= 15 is 0 Å². The molecule has 2 heterocycles. The number of aliphatic hydroxyl groups is 1. The number of amidine groups is 1. The van der Waals surface area contributed by atoms with E-state index in [0.29, 0.717) is 10.7 Å². The predicted molar refractivity (Wildman–Crippen MR) is 118 cm³/mol. The van der Waals surface area contributed by atoms with Crippen molar-refractivity contribution >= 4 is 56.8 Å². The number of nitrogens with two attached hydrogens (primary N) is 1. The Morgan fingerprint density at radius 3 is 2.67 bits per heavy atom. The van der Waals surface area contributed by atoms with Gasteiger partial charge in [-0.1, -0.05) is 65.8 Å². The zero-order chi connectivity index (χ0) is 21.0. The van der Waals surface area contributed by atoms with Gasteiger partial charge in [-0.25, -0.2) is 0 Å². The lowest BCUT2D eigenvalue weighted by Crippen LogP contribution is -2.49. The number of nitrogens with zero attached hydrogens (tertiary/aromatic N) is 2. The summed E-state index contributed by atoms with van der Waals surface area (Å²) < 4.78 is 0. The Kier molecular flexibility index (Phi) is 4.36. The highest BCUT2D eigenvalue weighted by molar-refractivity contribution is 8.15. The van der Waals surface area contributed by atoms with Crippen molar-refractivity contribution in [2.45, 2.75) is 17.4 Å². The largest absolute Gasteiger partial charge is 0.378 e. The monoisotopic (exact) mass is 437 g/mol. The Hall–Kier alpha value is -2.87. The topological polar surface area (TPSA) is 96.0 Å². The van der Waals surface area contributed by atoms with Gasteiger partial charge in [0, 0.05) is 10.6 Å². The van der Waals surface area contributed by atoms with Crippen LogP contribution in [-0.4, -0.2) is 27.3 Å². The molecule has 3 N–H and O–H groups in total. The summed E-state index contributed by atoms with van der Waals surface area (Å²) in [6.45, 7) is 0.235. The molecule has 8 heteroatoms. The fourth-order valence-corrected chi connectivity index (χ4v) is 5.23. The number of carbonyl (C=O) groups excluding carboxylic acids is 2. The van der Waals surface area contributed by atoms with Crippen molar-refractivity contribution in [3.05, 3.63) is 76.8 Å². The molecular formula is C22H16ClN3O3S. The van der Waals surface area contributed by atoms with Gasteiger partial charge in [-0.2, -0.15) is 4.99 Å². The van der Waals surface area contributed by atoms with Crippen LogP contribution in [0.3, 0.4) is 0 Å². The number of hydrogen-bond acceptors (Lipinski definition) is 5. The second-order valence-electron chi connectivity index (χ2n) is 7.24. The van der Waals surface area contributed by atoms with E-state index < -0.39 is 22.7 Å². The van der Waals surface area contributed by atoms with Gasteiger partial charge in [-0.15, -0.1) is 0 Å². The average Bonchev–Trinajstić information content (AvgIpc) is 3.18. The third kappa shape index (κ3) is 2.74. The second-order valence-corrected chi connectivity index (χ2v) is 8.81. The zero-order valence-corrected chi connectivity index (χ0v) is 17.2. The number of hydrogen-bond donors (Lipinski definition) is 2. The van der Waals surface area contributed by atoms with Crippen LogP contribution in [0, 0.1) is 0 Å². The van der Waals surface area contributed by atoms with Crippen LogP contribution in [0.2, 0.25) is 5.02 Å². The van der Waals surface area contributed by atoms with E-state index in [0.717, 1.165) is 28.1 Å². The van der Waals surface area contributed by atoms with Crippen molar-refractivity contribution in [3.63, 3.8) is 0 Å². The van der Waals surface area contributed by atoms with Crippen LogP contribution in [0.4, 0.5) is 5.69 Å². The number of aliphatic imine (C=N–C) groups is 1. The van der Waals surface area contributed by atoms with E-state index in [1.54, 1.807) is 12.1 Å². The zero-order valence-electron chi connectivity index (χ0n) is 15.6. The average molecular weight is 438 g/mol. The predicted octanol–water partition coefficient (Wildman–Crippen LogP) is 3.18. The van der Waals surface area contributed by atoms with Crippen LogP contribution in [0.5, 0.6) is 0 Å². The molecular weight excluding hydrogens is 422 g/mol. The highest BCUT2D eigenvalue weighted by Gasteiger charge is 2.59. The van der Waals surface area contributed by atoms with E-state index in [-0.39, 0.29) is 17.3 Å². The molecule has 2 amide bonds. The number of rotatable bonds is 3. The summed E-state index contributed by atoms with van der Waals surface area (Å²) in [5.74, 6) is -1.23. The smallest absolute Gasteiger partial charge is 0.265 e. The molecule has 3 aromatic rings. The maximum Gasteiger partial charge on any atom is 0.265 e. The highest BCUT2D eigenvalue weighted by atomic mass is 35.5. The van der Waals surface area contributed by atoms with Crippen molar-refractivity contribution in [2.75, 3.05) is 4.90 Å². The van der Waals surface area contributed by atoms with E-state index in [4.69, 9.17) is 17.3 Å². The molecule has 0 saturated heterocycles. The van der Waals surface area contributed by atoms with Crippen molar-refractivity contribution in [1.82, 2.24) is 0 Å². The molecule has 2 atom stereocenters. The maximum atomic E-state index is 13.6. The normalized spacial score (nSPS) is 23.2. The summed E-state index contributed by atoms with van der Waals surface area (Å²) in [6.07, 6.45) is 0. The molecule has 2 aliphatic rings. The Bertz CT molecular complexity index is 1260. The molecule has 2 aliphatic heterocycles. The fourth-order valence-electron chi connectivity index (χ4n) is 4.12. The molecule has 150 valence electrons. The van der Waals surface area contributed by atoms with Crippen LogP contribution in [-0.2, 0) is 21.7 Å². The van der Waals surface area contributed by atoms with Gasteiger partial charge in [0.2, 0.25) is 0 Å². The summed E-state index contributed by atoms with van der Waals surface area (Å²) >= 11 is 7.06. The van der Waals surface area contributed by atoms with Crippen LogP contribution in [0.15, 0.2) is 65.7 Å². The van der Waals surface area contributed by atoms with Crippen LogP contribution in [0.25, 0.3) is 10.8 Å². The minimum atomic E-state index is -2.10. The molecule has 5 rings (SSSR count). The maximum absolute atomic E-state index is 13.6. The molecule has 6 nitrogen and oxygen atoms in total. The standard InChI is InChI=1S/C22H16ClN3O3S/c23-14-8-9-17-16(10-14)22(29,18-19(27)25-21(24)30-18)20(28)26(17)11-13-6-3-5-12-4-1-2-7-15(12)13/h1-10,18,29H,11H2,(H2,24,25,27)/t18-,22-/m0/s1. The minimum Gasteiger partial charge on any atom is -0.378 e. The molecule has 0 saturated carbocycles. The van der Waals surface area contributed by atoms with Crippen LogP contribution in [0.1, 0.15) is 11.1 Å². The number of benzene rings is 3. The number of anilines is 1. The van der Waals surface area contributed by atoms with Gasteiger partial charge in [0.25, 0.3) is 11.8 Å². The lowest BCUT2D eigenvalue weighted by molar-refractivity contribution is -0.140. The lowest BCUT2D eigenvalue weighted by Gasteiger charge is -2.27. The molecule has 0 aromatic heterocycles. The first-order chi connectivity index (χ1) is 14.4. The van der Waals surface area contributed by atoms with E-state index in [9.17, 15) is 14.7 Å². The van der Waals surface area contributed by atoms with Gasteiger partial charge >= 0.3 is 0 Å². The Balaban J connectivity index is 1.62. The summed E-state index contributed by atoms with van der Waals surface area (Å²) in [6, 6.07) is 18.6. The number of amides is 2. The molecule has 0 spiro atoms. The number of halogens is 1. The Morgan fingerprint density at radius 2 is 1.90 bits per heavy atom. The van der Waals surface area contributed by atoms with Gasteiger partial charge < -0.3 is 15.7 Å². The van der Waals surface area contributed by atoms with Crippen LogP contribution >= 0.6 is 23.4 Å². The number of carbonyl (C=O) groups is 2. The minimum absolute atomic E-state index is 0.0299. The third-order valence-electron chi connectivity index (χ3n) is 5.50. The van der Waals surface area contributed by atoms with Gasteiger partial charge in [-0.05, 0) is 34.5 Å². The number of fused-ring (bicyclic) bond motifs is 2. The summed E-state index contributed by atoms with van der Waals surface area (Å²) in [4.78, 5) is 31.1. The van der Waals surface area contributed by atoms with Crippen LogP contribution < -0.4 is 10.6 Å². The molecule has 0 bridgehead atoms. The molecule has 0 unspecified atom stereocenters. The lowest BCUT2D eigenvalue weighted by atomic mass is 9.91. The summed E-state index contributed by atoms with van der Waals surface area (Å²) in [5, 5.41) is 12.9. The number of thioether (sulfide) groups is 1. The van der Waals surface area contributed by atoms with Crippen molar-refractivity contribution in [2.24, 2.45) is 10.7 Å². The molecule has 3 aromatic carbocycles. The van der Waals surface area contributed by atoms with E-state index in [2.05, 4.69) is 4.99 Å². The second kappa shape index (κ2) is 6.84. The van der Waals surface area contributed by atoms with E-state index in [1.807, 2.05) is 42.5 Å². The van der Waals surface area contributed by atoms with Gasteiger partial charge in [0.05, 0.1) is 12.2 Å². The van der Waals surface area contributed by atoms with Gasteiger partial charge in [0.15, 0.2) is 10.8 Å². The highest BCUT2D eigenvalue weighted by Crippen LogP contribution is 2.49. The Morgan fingerprint density at radius 1 is 1.13 bits per heavy atom. The van der Waals surface area contributed by atoms with Crippen molar-refractivity contribution in [1.29, 1.82) is 0 Å². The first-order valence-corrected chi connectivity index (χ1v) is 10.5. The Labute approximate surface area is 181 Å². The summed E-state index contributed by atoms with van der Waals surface area (Å²) in [7, 11) is 0. The SMILES string of the molecule is NC1=NC(=O)[C@@H]([C@]2(O)C(=O)N(Cc3cccc4ccccc34)c3ccc(Cl)cc32)S1. The first kappa shape index (κ1) is 19.1.